The molecule has 4 unspecified atom stereocenters. The van der Waals surface area contributed by atoms with Gasteiger partial charge in [-0.2, -0.15) is 0 Å². The lowest BCUT2D eigenvalue weighted by Crippen LogP contribution is -2.50. The lowest BCUT2D eigenvalue weighted by molar-refractivity contribution is 0.0830. The SMILES string of the molecule is CCNC1CC2CCC(C1)N2CC1CCCC(C)C1. The molecule has 3 aliphatic rings. The van der Waals surface area contributed by atoms with Gasteiger partial charge in [-0.15, -0.1) is 0 Å². The van der Waals surface area contributed by atoms with Gasteiger partial charge < -0.3 is 5.32 Å². The minimum atomic E-state index is 0.809. The van der Waals surface area contributed by atoms with Gasteiger partial charge >= 0.3 is 0 Å². The van der Waals surface area contributed by atoms with Gasteiger partial charge in [0.05, 0.1) is 0 Å². The summed E-state index contributed by atoms with van der Waals surface area (Å²) >= 11 is 0. The van der Waals surface area contributed by atoms with E-state index in [2.05, 4.69) is 24.1 Å². The Morgan fingerprint density at radius 3 is 2.37 bits per heavy atom. The lowest BCUT2D eigenvalue weighted by Gasteiger charge is -2.42. The Kier molecular flexibility index (Phi) is 4.48. The molecule has 0 aromatic rings. The third-order valence-electron chi connectivity index (χ3n) is 5.89. The summed E-state index contributed by atoms with van der Waals surface area (Å²) in [4.78, 5) is 2.91. The molecule has 19 heavy (non-hydrogen) atoms. The Morgan fingerprint density at radius 1 is 1.00 bits per heavy atom. The van der Waals surface area contributed by atoms with E-state index in [4.69, 9.17) is 0 Å². The number of hydrogen-bond acceptors (Lipinski definition) is 2. The van der Waals surface area contributed by atoms with E-state index in [1.807, 2.05) is 0 Å². The predicted octanol–water partition coefficient (Wildman–Crippen LogP) is 3.42. The van der Waals surface area contributed by atoms with Crippen LogP contribution in [0.4, 0.5) is 0 Å². The van der Waals surface area contributed by atoms with E-state index < -0.39 is 0 Å². The first-order valence-corrected chi connectivity index (χ1v) is 8.75. The van der Waals surface area contributed by atoms with E-state index in [0.29, 0.717) is 0 Å². The molecule has 110 valence electrons. The van der Waals surface area contributed by atoms with Crippen LogP contribution in [0.5, 0.6) is 0 Å². The van der Waals surface area contributed by atoms with Crippen molar-refractivity contribution >= 4 is 0 Å². The molecule has 0 aromatic heterocycles. The Labute approximate surface area is 119 Å². The standard InChI is InChI=1S/C17H32N2/c1-3-18-15-10-16-7-8-17(11-15)19(16)12-14-6-4-5-13(2)9-14/h13-18H,3-12H2,1-2H3. The fourth-order valence-corrected chi connectivity index (χ4v) is 5.05. The molecular weight excluding hydrogens is 232 g/mol. The van der Waals surface area contributed by atoms with E-state index >= 15 is 0 Å². The van der Waals surface area contributed by atoms with Crippen LogP contribution in [0.15, 0.2) is 0 Å². The highest BCUT2D eigenvalue weighted by Gasteiger charge is 2.41. The zero-order chi connectivity index (χ0) is 13.2. The molecule has 0 radical (unpaired) electrons. The molecule has 3 fully saturated rings. The molecule has 3 rings (SSSR count). The van der Waals surface area contributed by atoms with Gasteiger partial charge in [-0.05, 0) is 56.9 Å². The number of nitrogens with zero attached hydrogens (tertiary/aromatic N) is 1. The van der Waals surface area contributed by atoms with Crippen molar-refractivity contribution in [3.8, 4) is 0 Å². The van der Waals surface area contributed by atoms with Gasteiger partial charge in [-0.3, -0.25) is 4.90 Å². The Morgan fingerprint density at radius 2 is 1.74 bits per heavy atom. The van der Waals surface area contributed by atoms with Crippen molar-refractivity contribution in [2.45, 2.75) is 83.3 Å². The summed E-state index contributed by atoms with van der Waals surface area (Å²) in [5.74, 6) is 1.98. The topological polar surface area (TPSA) is 15.3 Å². The number of rotatable bonds is 4. The summed E-state index contributed by atoms with van der Waals surface area (Å²) in [6.45, 7) is 7.26. The third kappa shape index (κ3) is 3.16. The first-order valence-electron chi connectivity index (χ1n) is 8.75. The maximum Gasteiger partial charge on any atom is 0.0114 e. The molecule has 4 atom stereocenters. The highest BCUT2D eigenvalue weighted by Crippen LogP contribution is 2.38. The molecule has 0 spiro atoms. The van der Waals surface area contributed by atoms with Gasteiger partial charge in [0.15, 0.2) is 0 Å². The molecule has 2 nitrogen and oxygen atoms in total. The Balaban J connectivity index is 1.55. The number of fused-ring (bicyclic) bond motifs is 2. The molecule has 2 aliphatic heterocycles. The van der Waals surface area contributed by atoms with Crippen molar-refractivity contribution in [3.63, 3.8) is 0 Å². The molecule has 2 saturated heterocycles. The summed E-state index contributed by atoms with van der Waals surface area (Å²) in [7, 11) is 0. The zero-order valence-electron chi connectivity index (χ0n) is 12.9. The van der Waals surface area contributed by atoms with Crippen LogP contribution in [0.25, 0.3) is 0 Å². The third-order valence-corrected chi connectivity index (χ3v) is 5.89. The van der Waals surface area contributed by atoms with Crippen molar-refractivity contribution in [3.05, 3.63) is 0 Å². The Bertz CT molecular complexity index is 277. The normalized spacial score (nSPS) is 43.6. The molecule has 2 heteroatoms. The molecule has 0 aromatic carbocycles. The minimum absolute atomic E-state index is 0.809. The number of nitrogens with one attached hydrogen (secondary N) is 1. The highest BCUT2D eigenvalue weighted by atomic mass is 15.2. The van der Waals surface area contributed by atoms with Gasteiger partial charge in [0.25, 0.3) is 0 Å². The van der Waals surface area contributed by atoms with Crippen molar-refractivity contribution in [1.29, 1.82) is 0 Å². The van der Waals surface area contributed by atoms with Crippen LogP contribution < -0.4 is 5.32 Å². The van der Waals surface area contributed by atoms with Crippen molar-refractivity contribution in [1.82, 2.24) is 10.2 Å². The fraction of sp³-hybridized carbons (Fsp3) is 1.00. The molecule has 1 saturated carbocycles. The summed E-state index contributed by atoms with van der Waals surface area (Å²) < 4.78 is 0. The number of hydrogen-bond donors (Lipinski definition) is 1. The highest BCUT2D eigenvalue weighted by molar-refractivity contribution is 4.98. The van der Waals surface area contributed by atoms with Crippen LogP contribution in [0.1, 0.15) is 65.2 Å². The number of piperidine rings is 1. The van der Waals surface area contributed by atoms with Crippen LogP contribution >= 0.6 is 0 Å². The molecule has 1 aliphatic carbocycles. The minimum Gasteiger partial charge on any atom is -0.314 e. The summed E-state index contributed by atoms with van der Waals surface area (Å²) in [5.41, 5.74) is 0. The fourth-order valence-electron chi connectivity index (χ4n) is 5.05. The lowest BCUT2D eigenvalue weighted by atomic mass is 9.81. The average molecular weight is 264 g/mol. The first kappa shape index (κ1) is 13.9. The molecule has 2 bridgehead atoms. The van der Waals surface area contributed by atoms with Crippen LogP contribution in [0, 0.1) is 11.8 Å². The summed E-state index contributed by atoms with van der Waals surface area (Å²) in [6.07, 6.45) is 11.7. The van der Waals surface area contributed by atoms with Gasteiger partial charge in [0.1, 0.15) is 0 Å². The monoisotopic (exact) mass is 264 g/mol. The second kappa shape index (κ2) is 6.13. The van der Waals surface area contributed by atoms with Crippen molar-refractivity contribution in [2.75, 3.05) is 13.1 Å². The van der Waals surface area contributed by atoms with Crippen LogP contribution in [-0.2, 0) is 0 Å². The molecule has 1 N–H and O–H groups in total. The molecular formula is C17H32N2. The van der Waals surface area contributed by atoms with Crippen molar-refractivity contribution < 1.29 is 0 Å². The maximum absolute atomic E-state index is 3.69. The second-order valence-electron chi connectivity index (χ2n) is 7.45. The van der Waals surface area contributed by atoms with E-state index in [-0.39, 0.29) is 0 Å². The van der Waals surface area contributed by atoms with Crippen molar-refractivity contribution in [2.24, 2.45) is 11.8 Å². The van der Waals surface area contributed by atoms with Gasteiger partial charge in [-0.25, -0.2) is 0 Å². The molecule has 2 heterocycles. The largest absolute Gasteiger partial charge is 0.314 e. The van der Waals surface area contributed by atoms with Crippen LogP contribution in [-0.4, -0.2) is 36.1 Å². The first-order chi connectivity index (χ1) is 9.26. The quantitative estimate of drug-likeness (QED) is 0.837. The van der Waals surface area contributed by atoms with E-state index in [9.17, 15) is 0 Å². The molecule has 0 amide bonds. The maximum atomic E-state index is 3.69. The van der Waals surface area contributed by atoms with Gasteiger partial charge in [0.2, 0.25) is 0 Å². The van der Waals surface area contributed by atoms with Gasteiger partial charge in [0, 0.05) is 24.7 Å². The Hall–Kier alpha value is -0.0800. The second-order valence-corrected chi connectivity index (χ2v) is 7.45. The van der Waals surface area contributed by atoms with E-state index in [0.717, 1.165) is 36.5 Å². The van der Waals surface area contributed by atoms with Gasteiger partial charge in [-0.1, -0.05) is 26.7 Å². The van der Waals surface area contributed by atoms with Crippen LogP contribution in [0.2, 0.25) is 0 Å². The van der Waals surface area contributed by atoms with Crippen LogP contribution in [0.3, 0.4) is 0 Å². The summed E-state index contributed by atoms with van der Waals surface area (Å²) in [5, 5.41) is 3.69. The summed E-state index contributed by atoms with van der Waals surface area (Å²) in [6, 6.07) is 2.61. The average Bonchev–Trinajstić information content (AvgIpc) is 2.62. The predicted molar refractivity (Wildman–Crippen MR) is 81.3 cm³/mol. The van der Waals surface area contributed by atoms with E-state index in [1.165, 1.54) is 57.9 Å². The zero-order valence-corrected chi connectivity index (χ0v) is 12.9. The smallest absolute Gasteiger partial charge is 0.0114 e. The van der Waals surface area contributed by atoms with E-state index in [1.54, 1.807) is 0 Å².